The Kier molecular flexibility index (Phi) is 5.19. The Morgan fingerprint density at radius 1 is 1.26 bits per heavy atom. The van der Waals surface area contributed by atoms with E-state index in [4.69, 9.17) is 11.6 Å². The van der Waals surface area contributed by atoms with E-state index in [9.17, 15) is 4.79 Å². The zero-order valence-corrected chi connectivity index (χ0v) is 13.1. The molecule has 1 N–H and O–H groups in total. The molecule has 19 heavy (non-hydrogen) atoms. The second-order valence-corrected chi connectivity index (χ2v) is 6.52. The highest BCUT2D eigenvalue weighted by Crippen LogP contribution is 2.20. The van der Waals surface area contributed by atoms with Gasteiger partial charge >= 0.3 is 0 Å². The summed E-state index contributed by atoms with van der Waals surface area (Å²) in [5.41, 5.74) is 0.984. The van der Waals surface area contributed by atoms with Crippen molar-refractivity contribution in [3.8, 4) is 0 Å². The van der Waals surface area contributed by atoms with E-state index >= 15 is 0 Å². The summed E-state index contributed by atoms with van der Waals surface area (Å²) in [5, 5.41) is 2.81. The largest absolute Gasteiger partial charge is 0.348 e. The molecule has 0 atom stereocenters. The summed E-state index contributed by atoms with van der Waals surface area (Å²) in [6.07, 6.45) is 3.31. The van der Waals surface area contributed by atoms with Gasteiger partial charge in [0.2, 0.25) is 5.91 Å². The smallest absolute Gasteiger partial charge is 0.244 e. The van der Waals surface area contributed by atoms with Crippen molar-refractivity contribution in [2.45, 2.75) is 6.54 Å². The number of thiophene rings is 1. The van der Waals surface area contributed by atoms with E-state index in [2.05, 4.69) is 21.2 Å². The van der Waals surface area contributed by atoms with Gasteiger partial charge in [0.1, 0.15) is 0 Å². The van der Waals surface area contributed by atoms with Crippen molar-refractivity contribution in [1.82, 2.24) is 5.32 Å². The van der Waals surface area contributed by atoms with Crippen LogP contribution >= 0.6 is 38.9 Å². The second kappa shape index (κ2) is 6.89. The van der Waals surface area contributed by atoms with Gasteiger partial charge in [0.05, 0.1) is 10.9 Å². The summed E-state index contributed by atoms with van der Waals surface area (Å²) >= 11 is 10.7. The van der Waals surface area contributed by atoms with E-state index < -0.39 is 0 Å². The fraction of sp³-hybridized carbons (Fsp3) is 0.0714. The van der Waals surface area contributed by atoms with Gasteiger partial charge in [0.25, 0.3) is 0 Å². The number of rotatable bonds is 4. The van der Waals surface area contributed by atoms with E-state index in [0.29, 0.717) is 6.54 Å². The van der Waals surface area contributed by atoms with Crippen LogP contribution in [0.3, 0.4) is 0 Å². The minimum atomic E-state index is -0.118. The molecule has 5 heteroatoms. The lowest BCUT2D eigenvalue weighted by atomic mass is 10.2. The molecule has 2 aromatic rings. The fourth-order valence-electron chi connectivity index (χ4n) is 1.43. The normalized spacial score (nSPS) is 10.8. The second-order valence-electron chi connectivity index (χ2n) is 3.81. The average molecular weight is 357 g/mol. The first-order chi connectivity index (χ1) is 9.13. The highest BCUT2D eigenvalue weighted by molar-refractivity contribution is 9.10. The van der Waals surface area contributed by atoms with Crippen molar-refractivity contribution < 1.29 is 4.79 Å². The number of benzene rings is 1. The highest BCUT2D eigenvalue weighted by atomic mass is 79.9. The minimum absolute atomic E-state index is 0.118. The lowest BCUT2D eigenvalue weighted by molar-refractivity contribution is -0.116. The number of nitrogens with one attached hydrogen (secondary N) is 1. The number of carbonyl (C=O) groups excluding carboxylic acids is 1. The SMILES string of the molecule is O=C(/C=C/c1ccc(Br)cc1)NCc1ccc(Cl)s1. The van der Waals surface area contributed by atoms with Gasteiger partial charge in [-0.25, -0.2) is 0 Å². The van der Waals surface area contributed by atoms with Crippen molar-refractivity contribution in [3.05, 3.63) is 61.7 Å². The van der Waals surface area contributed by atoms with Gasteiger partial charge in [0.15, 0.2) is 0 Å². The number of amides is 1. The van der Waals surface area contributed by atoms with E-state index in [1.165, 1.54) is 17.4 Å². The molecular weight excluding hydrogens is 346 g/mol. The maximum absolute atomic E-state index is 11.6. The monoisotopic (exact) mass is 355 g/mol. The van der Waals surface area contributed by atoms with Gasteiger partial charge in [-0.2, -0.15) is 0 Å². The molecule has 2 rings (SSSR count). The molecule has 98 valence electrons. The first-order valence-corrected chi connectivity index (χ1v) is 7.58. The summed E-state index contributed by atoms with van der Waals surface area (Å²) < 4.78 is 1.75. The van der Waals surface area contributed by atoms with Gasteiger partial charge in [-0.05, 0) is 35.9 Å². The first-order valence-electron chi connectivity index (χ1n) is 5.59. The molecule has 0 aliphatic heterocycles. The predicted molar refractivity (Wildman–Crippen MR) is 84.4 cm³/mol. The van der Waals surface area contributed by atoms with E-state index in [1.807, 2.05) is 36.4 Å². The van der Waals surface area contributed by atoms with Gasteiger partial charge < -0.3 is 5.32 Å². The highest BCUT2D eigenvalue weighted by Gasteiger charge is 1.99. The zero-order valence-electron chi connectivity index (χ0n) is 9.90. The third-order valence-electron chi connectivity index (χ3n) is 2.36. The van der Waals surface area contributed by atoms with Crippen LogP contribution in [0.1, 0.15) is 10.4 Å². The van der Waals surface area contributed by atoms with Gasteiger partial charge in [-0.1, -0.05) is 39.7 Å². The Bertz CT molecular complexity index is 592. The molecular formula is C14H11BrClNOS. The standard InChI is InChI=1S/C14H11BrClNOS/c15-11-4-1-10(2-5-11)3-8-14(18)17-9-12-6-7-13(16)19-12/h1-8H,9H2,(H,17,18)/b8-3+. The van der Waals surface area contributed by atoms with E-state index in [1.54, 1.807) is 6.08 Å². The molecule has 0 bridgehead atoms. The molecule has 0 spiro atoms. The van der Waals surface area contributed by atoms with Crippen LogP contribution in [0.25, 0.3) is 6.08 Å². The lowest BCUT2D eigenvalue weighted by Crippen LogP contribution is -2.19. The fourth-order valence-corrected chi connectivity index (χ4v) is 2.72. The number of hydrogen-bond acceptors (Lipinski definition) is 2. The van der Waals surface area contributed by atoms with Crippen LogP contribution in [0, 0.1) is 0 Å². The van der Waals surface area contributed by atoms with Gasteiger partial charge in [-0.15, -0.1) is 11.3 Å². The molecule has 0 fully saturated rings. The van der Waals surface area contributed by atoms with Crippen LogP contribution < -0.4 is 5.32 Å². The third-order valence-corrected chi connectivity index (χ3v) is 4.12. The first kappa shape index (κ1) is 14.3. The molecule has 0 unspecified atom stereocenters. The Morgan fingerprint density at radius 3 is 2.63 bits per heavy atom. The average Bonchev–Trinajstić information content (AvgIpc) is 2.81. The van der Waals surface area contributed by atoms with Gasteiger partial charge in [-0.3, -0.25) is 4.79 Å². The van der Waals surface area contributed by atoms with Crippen molar-refractivity contribution in [3.63, 3.8) is 0 Å². The Hall–Kier alpha value is -1.10. The Balaban J connectivity index is 1.85. The van der Waals surface area contributed by atoms with Crippen molar-refractivity contribution >= 4 is 50.9 Å². The molecule has 2 nitrogen and oxygen atoms in total. The molecule has 0 saturated carbocycles. The maximum Gasteiger partial charge on any atom is 0.244 e. The van der Waals surface area contributed by atoms with E-state index in [-0.39, 0.29) is 5.91 Å². The number of carbonyl (C=O) groups is 1. The molecule has 0 aliphatic rings. The summed E-state index contributed by atoms with van der Waals surface area (Å²) in [4.78, 5) is 12.7. The minimum Gasteiger partial charge on any atom is -0.348 e. The Morgan fingerprint density at radius 2 is 2.00 bits per heavy atom. The van der Waals surface area contributed by atoms with Crippen LogP contribution in [-0.4, -0.2) is 5.91 Å². The van der Waals surface area contributed by atoms with E-state index in [0.717, 1.165) is 19.2 Å². The molecule has 0 radical (unpaired) electrons. The number of hydrogen-bond donors (Lipinski definition) is 1. The van der Waals surface area contributed by atoms with Crippen LogP contribution in [0.4, 0.5) is 0 Å². The van der Waals surface area contributed by atoms with Crippen molar-refractivity contribution in [2.24, 2.45) is 0 Å². The van der Waals surface area contributed by atoms with Gasteiger partial charge in [0, 0.05) is 15.4 Å². The predicted octanol–water partition coefficient (Wildman–Crippen LogP) is 4.49. The summed E-state index contributed by atoms with van der Waals surface area (Å²) in [6, 6.07) is 11.5. The summed E-state index contributed by atoms with van der Waals surface area (Å²) in [6.45, 7) is 0.501. The molecule has 0 saturated heterocycles. The van der Waals surface area contributed by atoms with Crippen LogP contribution in [-0.2, 0) is 11.3 Å². The molecule has 0 aliphatic carbocycles. The third kappa shape index (κ3) is 4.82. The Labute approximate surface area is 129 Å². The number of halogens is 2. The van der Waals surface area contributed by atoms with Crippen LogP contribution in [0.15, 0.2) is 46.9 Å². The maximum atomic E-state index is 11.6. The molecule has 1 aromatic heterocycles. The molecule has 1 amide bonds. The molecule has 1 heterocycles. The summed E-state index contributed by atoms with van der Waals surface area (Å²) in [7, 11) is 0. The zero-order chi connectivity index (χ0) is 13.7. The van der Waals surface area contributed by atoms with Crippen molar-refractivity contribution in [2.75, 3.05) is 0 Å². The van der Waals surface area contributed by atoms with Crippen LogP contribution in [0.2, 0.25) is 4.34 Å². The summed E-state index contributed by atoms with van der Waals surface area (Å²) in [5.74, 6) is -0.118. The topological polar surface area (TPSA) is 29.1 Å². The molecule has 1 aromatic carbocycles. The van der Waals surface area contributed by atoms with Crippen LogP contribution in [0.5, 0.6) is 0 Å². The van der Waals surface area contributed by atoms with Crippen molar-refractivity contribution in [1.29, 1.82) is 0 Å². The lowest BCUT2D eigenvalue weighted by Gasteiger charge is -1.99. The quantitative estimate of drug-likeness (QED) is 0.803.